The van der Waals surface area contributed by atoms with Crippen LogP contribution in [0.25, 0.3) is 0 Å². The summed E-state index contributed by atoms with van der Waals surface area (Å²) in [5.74, 6) is -0.638. The highest BCUT2D eigenvalue weighted by atomic mass is 19.1. The van der Waals surface area contributed by atoms with E-state index in [0.29, 0.717) is 30.6 Å². The van der Waals surface area contributed by atoms with E-state index in [9.17, 15) is 14.0 Å². The Labute approximate surface area is 172 Å². The second-order valence-corrected chi connectivity index (χ2v) is 8.03. The molecule has 0 aliphatic carbocycles. The highest BCUT2D eigenvalue weighted by Crippen LogP contribution is 2.32. The number of aryl methyl sites for hydroxylation is 1. The monoisotopic (exact) mass is 396 g/mol. The minimum Gasteiger partial charge on any atom is -0.353 e. The minimum atomic E-state index is -0.291. The topological polar surface area (TPSA) is 49.4 Å². The fourth-order valence-corrected chi connectivity index (χ4v) is 3.84. The number of benzene rings is 2. The van der Waals surface area contributed by atoms with Crippen LogP contribution in [0.5, 0.6) is 0 Å². The summed E-state index contributed by atoms with van der Waals surface area (Å²) < 4.78 is 13.8. The first-order chi connectivity index (χ1) is 13.9. The zero-order valence-corrected chi connectivity index (χ0v) is 17.3. The second kappa shape index (κ2) is 9.21. The van der Waals surface area contributed by atoms with Gasteiger partial charge in [0.05, 0.1) is 5.92 Å². The van der Waals surface area contributed by atoms with E-state index in [0.717, 1.165) is 12.0 Å². The molecule has 1 aliphatic heterocycles. The van der Waals surface area contributed by atoms with Crippen molar-refractivity contribution < 1.29 is 14.0 Å². The second-order valence-electron chi connectivity index (χ2n) is 8.03. The SMILES string of the molecule is CC[C@H](C)NC(=O)[C@H]1C[C@H](c2ccc(F)c(C)c2)CN(C(=O)c2ccccc2)C1. The molecule has 4 nitrogen and oxygen atoms in total. The summed E-state index contributed by atoms with van der Waals surface area (Å²) >= 11 is 0. The van der Waals surface area contributed by atoms with Crippen molar-refractivity contribution in [1.82, 2.24) is 10.2 Å². The van der Waals surface area contributed by atoms with Gasteiger partial charge in [-0.25, -0.2) is 4.39 Å². The van der Waals surface area contributed by atoms with Crippen LogP contribution in [-0.4, -0.2) is 35.8 Å². The summed E-state index contributed by atoms with van der Waals surface area (Å²) in [5.41, 5.74) is 2.16. The van der Waals surface area contributed by atoms with E-state index < -0.39 is 0 Å². The van der Waals surface area contributed by atoms with Crippen molar-refractivity contribution in [2.45, 2.75) is 45.6 Å². The number of carbonyl (C=O) groups excluding carboxylic acids is 2. The zero-order chi connectivity index (χ0) is 21.0. The van der Waals surface area contributed by atoms with Gasteiger partial charge in [-0.05, 0) is 56.0 Å². The van der Waals surface area contributed by atoms with E-state index in [2.05, 4.69) is 5.32 Å². The van der Waals surface area contributed by atoms with Crippen molar-refractivity contribution in [3.8, 4) is 0 Å². The number of carbonyl (C=O) groups is 2. The predicted molar refractivity (Wildman–Crippen MR) is 112 cm³/mol. The highest BCUT2D eigenvalue weighted by Gasteiger charge is 2.35. The molecule has 0 aromatic heterocycles. The number of likely N-dealkylation sites (tertiary alicyclic amines) is 1. The largest absolute Gasteiger partial charge is 0.353 e. The lowest BCUT2D eigenvalue weighted by Crippen LogP contribution is -2.49. The van der Waals surface area contributed by atoms with Crippen molar-refractivity contribution in [3.05, 3.63) is 71.0 Å². The Hall–Kier alpha value is -2.69. The van der Waals surface area contributed by atoms with Gasteiger partial charge in [0.15, 0.2) is 0 Å². The van der Waals surface area contributed by atoms with Gasteiger partial charge in [0.2, 0.25) is 5.91 Å². The average Bonchev–Trinajstić information content (AvgIpc) is 2.75. The number of rotatable bonds is 5. The third-order valence-corrected chi connectivity index (χ3v) is 5.78. The number of hydrogen-bond acceptors (Lipinski definition) is 2. The Kier molecular flexibility index (Phi) is 6.68. The molecule has 0 radical (unpaired) electrons. The van der Waals surface area contributed by atoms with E-state index in [1.54, 1.807) is 30.0 Å². The third-order valence-electron chi connectivity index (χ3n) is 5.78. The summed E-state index contributed by atoms with van der Waals surface area (Å²) in [5, 5.41) is 3.05. The van der Waals surface area contributed by atoms with Crippen molar-refractivity contribution in [2.75, 3.05) is 13.1 Å². The maximum Gasteiger partial charge on any atom is 0.253 e. The van der Waals surface area contributed by atoms with Crippen LogP contribution < -0.4 is 5.32 Å². The van der Waals surface area contributed by atoms with E-state index in [1.807, 2.05) is 38.1 Å². The normalized spacial score (nSPS) is 20.2. The molecule has 1 saturated heterocycles. The Morgan fingerprint density at radius 3 is 2.55 bits per heavy atom. The fraction of sp³-hybridized carbons (Fsp3) is 0.417. The first-order valence-electron chi connectivity index (χ1n) is 10.3. The standard InChI is InChI=1S/C24H29FN2O2/c1-4-17(3)26-23(28)21-13-20(19-10-11-22(25)16(2)12-19)14-27(15-21)24(29)18-8-6-5-7-9-18/h5-12,17,20-21H,4,13-15H2,1-3H3,(H,26,28)/t17-,20-,21-/m0/s1. The van der Waals surface area contributed by atoms with Gasteiger partial charge in [-0.1, -0.05) is 37.3 Å². The third kappa shape index (κ3) is 5.03. The summed E-state index contributed by atoms with van der Waals surface area (Å²) in [6, 6.07) is 14.3. The van der Waals surface area contributed by atoms with Gasteiger partial charge in [0, 0.05) is 30.6 Å². The van der Waals surface area contributed by atoms with Gasteiger partial charge < -0.3 is 10.2 Å². The minimum absolute atomic E-state index is 0.0107. The molecule has 1 fully saturated rings. The summed E-state index contributed by atoms with van der Waals surface area (Å²) in [6.07, 6.45) is 1.50. The van der Waals surface area contributed by atoms with Crippen molar-refractivity contribution in [1.29, 1.82) is 0 Å². The van der Waals surface area contributed by atoms with Crippen LogP contribution >= 0.6 is 0 Å². The van der Waals surface area contributed by atoms with E-state index >= 15 is 0 Å². The Balaban J connectivity index is 1.87. The molecule has 0 saturated carbocycles. The number of amides is 2. The molecule has 3 rings (SSSR count). The van der Waals surface area contributed by atoms with Crippen LogP contribution in [-0.2, 0) is 4.79 Å². The summed E-state index contributed by atoms with van der Waals surface area (Å²) in [7, 11) is 0. The lowest BCUT2D eigenvalue weighted by Gasteiger charge is -2.38. The van der Waals surface area contributed by atoms with Gasteiger partial charge in [0.25, 0.3) is 5.91 Å². The molecule has 5 heteroatoms. The van der Waals surface area contributed by atoms with E-state index in [1.165, 1.54) is 6.07 Å². The Morgan fingerprint density at radius 1 is 1.17 bits per heavy atom. The maximum absolute atomic E-state index is 13.8. The Bertz CT molecular complexity index is 868. The fourth-order valence-electron chi connectivity index (χ4n) is 3.84. The number of halogens is 1. The van der Waals surface area contributed by atoms with Crippen LogP contribution in [0.15, 0.2) is 48.5 Å². The van der Waals surface area contributed by atoms with Gasteiger partial charge in [-0.3, -0.25) is 9.59 Å². The Morgan fingerprint density at radius 2 is 1.90 bits per heavy atom. The number of nitrogens with zero attached hydrogens (tertiary/aromatic N) is 1. The molecule has 3 atom stereocenters. The molecular formula is C24H29FN2O2. The number of hydrogen-bond donors (Lipinski definition) is 1. The number of piperidine rings is 1. The van der Waals surface area contributed by atoms with Gasteiger partial charge in [0.1, 0.15) is 5.82 Å². The van der Waals surface area contributed by atoms with Gasteiger partial charge in [-0.2, -0.15) is 0 Å². The van der Waals surface area contributed by atoms with Crippen LogP contribution in [0.3, 0.4) is 0 Å². The summed E-state index contributed by atoms with van der Waals surface area (Å²) in [4.78, 5) is 27.7. The average molecular weight is 397 g/mol. The molecule has 29 heavy (non-hydrogen) atoms. The van der Waals surface area contributed by atoms with E-state index in [-0.39, 0.29) is 35.5 Å². The van der Waals surface area contributed by atoms with Gasteiger partial charge in [-0.15, -0.1) is 0 Å². The van der Waals surface area contributed by atoms with Crippen LogP contribution in [0, 0.1) is 18.7 Å². The molecule has 0 unspecified atom stereocenters. The first-order valence-corrected chi connectivity index (χ1v) is 10.3. The van der Waals surface area contributed by atoms with Crippen molar-refractivity contribution in [2.24, 2.45) is 5.92 Å². The van der Waals surface area contributed by atoms with Crippen LogP contribution in [0.1, 0.15) is 54.1 Å². The molecule has 1 N–H and O–H groups in total. The zero-order valence-electron chi connectivity index (χ0n) is 17.3. The van der Waals surface area contributed by atoms with Crippen LogP contribution in [0.4, 0.5) is 4.39 Å². The van der Waals surface area contributed by atoms with E-state index in [4.69, 9.17) is 0 Å². The van der Waals surface area contributed by atoms with Crippen molar-refractivity contribution in [3.63, 3.8) is 0 Å². The molecule has 1 heterocycles. The molecule has 1 aliphatic rings. The predicted octanol–water partition coefficient (Wildman–Crippen LogP) is 4.29. The number of nitrogens with one attached hydrogen (secondary N) is 1. The quantitative estimate of drug-likeness (QED) is 0.819. The smallest absolute Gasteiger partial charge is 0.253 e. The molecule has 2 aromatic carbocycles. The lowest BCUT2D eigenvalue weighted by molar-refractivity contribution is -0.127. The lowest BCUT2D eigenvalue weighted by atomic mass is 9.83. The molecule has 2 aromatic rings. The maximum atomic E-state index is 13.8. The van der Waals surface area contributed by atoms with Crippen molar-refractivity contribution >= 4 is 11.8 Å². The molecule has 0 bridgehead atoms. The summed E-state index contributed by atoms with van der Waals surface area (Å²) in [6.45, 7) is 6.66. The van der Waals surface area contributed by atoms with Gasteiger partial charge >= 0.3 is 0 Å². The highest BCUT2D eigenvalue weighted by molar-refractivity contribution is 5.94. The molecule has 154 valence electrons. The van der Waals surface area contributed by atoms with Crippen LogP contribution in [0.2, 0.25) is 0 Å². The molecule has 2 amide bonds. The molecular weight excluding hydrogens is 367 g/mol. The molecule has 0 spiro atoms. The first kappa shape index (κ1) is 21.0.